The smallest absolute Gasteiger partial charge is 0.0700 e. The summed E-state index contributed by atoms with van der Waals surface area (Å²) in [6.45, 7) is 9.29. The standard InChI is InChI=1S/C14H30N2O2/c1-3-16-9-4-6-14(7-10-16)15-8-5-11-18-13-12-17-2/h14-15H,3-13H2,1-2H3. The first-order chi connectivity index (χ1) is 8.86. The Morgan fingerprint density at radius 2 is 2.06 bits per heavy atom. The highest BCUT2D eigenvalue weighted by atomic mass is 16.5. The van der Waals surface area contributed by atoms with E-state index in [-0.39, 0.29) is 0 Å². The van der Waals surface area contributed by atoms with Gasteiger partial charge in [-0.15, -0.1) is 0 Å². The zero-order valence-electron chi connectivity index (χ0n) is 12.1. The Kier molecular flexibility index (Phi) is 9.48. The number of nitrogens with zero attached hydrogens (tertiary/aromatic N) is 1. The topological polar surface area (TPSA) is 33.7 Å². The second-order valence-electron chi connectivity index (χ2n) is 4.97. The number of hydrogen-bond acceptors (Lipinski definition) is 4. The Hall–Kier alpha value is -0.160. The number of nitrogens with one attached hydrogen (secondary N) is 1. The third kappa shape index (κ3) is 7.31. The maximum absolute atomic E-state index is 5.45. The summed E-state index contributed by atoms with van der Waals surface area (Å²) >= 11 is 0. The molecule has 0 bridgehead atoms. The van der Waals surface area contributed by atoms with Crippen LogP contribution in [0.15, 0.2) is 0 Å². The molecule has 1 unspecified atom stereocenters. The molecular weight excluding hydrogens is 228 g/mol. The summed E-state index contributed by atoms with van der Waals surface area (Å²) in [6.07, 6.45) is 5.03. The van der Waals surface area contributed by atoms with Crippen LogP contribution in [0.25, 0.3) is 0 Å². The van der Waals surface area contributed by atoms with Gasteiger partial charge in [-0.2, -0.15) is 0 Å². The van der Waals surface area contributed by atoms with Gasteiger partial charge < -0.3 is 19.7 Å². The van der Waals surface area contributed by atoms with Gasteiger partial charge in [0.1, 0.15) is 0 Å². The lowest BCUT2D eigenvalue weighted by atomic mass is 10.1. The van der Waals surface area contributed by atoms with Crippen molar-refractivity contribution in [1.29, 1.82) is 0 Å². The molecule has 0 aromatic heterocycles. The van der Waals surface area contributed by atoms with Gasteiger partial charge in [0.15, 0.2) is 0 Å². The first-order valence-electron chi connectivity index (χ1n) is 7.39. The Morgan fingerprint density at radius 1 is 1.17 bits per heavy atom. The van der Waals surface area contributed by atoms with Crippen molar-refractivity contribution in [1.82, 2.24) is 10.2 Å². The van der Waals surface area contributed by atoms with Gasteiger partial charge in [-0.1, -0.05) is 6.92 Å². The van der Waals surface area contributed by atoms with E-state index in [0.717, 1.165) is 19.6 Å². The second kappa shape index (κ2) is 10.7. The van der Waals surface area contributed by atoms with E-state index in [2.05, 4.69) is 17.1 Å². The van der Waals surface area contributed by atoms with Crippen molar-refractivity contribution >= 4 is 0 Å². The number of rotatable bonds is 9. The Labute approximate surface area is 112 Å². The molecule has 0 amide bonds. The molecule has 108 valence electrons. The van der Waals surface area contributed by atoms with Crippen molar-refractivity contribution in [3.8, 4) is 0 Å². The monoisotopic (exact) mass is 258 g/mol. The van der Waals surface area contributed by atoms with Crippen LogP contribution in [0.4, 0.5) is 0 Å². The molecule has 0 saturated carbocycles. The fourth-order valence-electron chi connectivity index (χ4n) is 2.40. The summed E-state index contributed by atoms with van der Waals surface area (Å²) in [4.78, 5) is 2.55. The highest BCUT2D eigenvalue weighted by Crippen LogP contribution is 2.10. The molecule has 0 aromatic carbocycles. The van der Waals surface area contributed by atoms with Crippen LogP contribution in [-0.2, 0) is 9.47 Å². The van der Waals surface area contributed by atoms with Crippen LogP contribution in [0, 0.1) is 0 Å². The number of hydrogen-bond donors (Lipinski definition) is 1. The summed E-state index contributed by atoms with van der Waals surface area (Å²) in [7, 11) is 1.70. The predicted octanol–water partition coefficient (Wildman–Crippen LogP) is 1.50. The molecule has 1 aliphatic heterocycles. The van der Waals surface area contributed by atoms with Crippen LogP contribution >= 0.6 is 0 Å². The van der Waals surface area contributed by atoms with E-state index in [0.29, 0.717) is 19.3 Å². The Bertz CT molecular complexity index is 191. The average Bonchev–Trinajstić information content (AvgIpc) is 2.63. The molecule has 0 spiro atoms. The number of likely N-dealkylation sites (tertiary alicyclic amines) is 1. The van der Waals surface area contributed by atoms with Gasteiger partial charge in [0.2, 0.25) is 0 Å². The number of ether oxygens (including phenoxy) is 2. The Morgan fingerprint density at radius 3 is 2.83 bits per heavy atom. The predicted molar refractivity (Wildman–Crippen MR) is 75.1 cm³/mol. The molecule has 0 aromatic rings. The van der Waals surface area contributed by atoms with Crippen LogP contribution in [0.2, 0.25) is 0 Å². The van der Waals surface area contributed by atoms with Gasteiger partial charge in [-0.3, -0.25) is 0 Å². The fourth-order valence-corrected chi connectivity index (χ4v) is 2.40. The minimum Gasteiger partial charge on any atom is -0.382 e. The van der Waals surface area contributed by atoms with Crippen molar-refractivity contribution in [3.63, 3.8) is 0 Å². The van der Waals surface area contributed by atoms with Gasteiger partial charge in [0.25, 0.3) is 0 Å². The lowest BCUT2D eigenvalue weighted by Gasteiger charge is -2.18. The van der Waals surface area contributed by atoms with Crippen molar-refractivity contribution in [2.24, 2.45) is 0 Å². The highest BCUT2D eigenvalue weighted by Gasteiger charge is 2.14. The zero-order valence-corrected chi connectivity index (χ0v) is 12.1. The molecule has 1 fully saturated rings. The summed E-state index contributed by atoms with van der Waals surface area (Å²) in [5.41, 5.74) is 0. The largest absolute Gasteiger partial charge is 0.382 e. The van der Waals surface area contributed by atoms with Gasteiger partial charge in [0.05, 0.1) is 13.2 Å². The maximum Gasteiger partial charge on any atom is 0.0700 e. The molecular formula is C14H30N2O2. The molecule has 0 aliphatic carbocycles. The van der Waals surface area contributed by atoms with Gasteiger partial charge in [-0.05, 0) is 51.9 Å². The third-order valence-electron chi connectivity index (χ3n) is 3.60. The van der Waals surface area contributed by atoms with Crippen molar-refractivity contribution in [2.45, 2.75) is 38.6 Å². The van der Waals surface area contributed by atoms with Crippen LogP contribution in [-0.4, -0.2) is 64.1 Å². The van der Waals surface area contributed by atoms with Gasteiger partial charge >= 0.3 is 0 Å². The molecule has 0 radical (unpaired) electrons. The van der Waals surface area contributed by atoms with E-state index in [1.807, 2.05) is 0 Å². The maximum atomic E-state index is 5.45. The van der Waals surface area contributed by atoms with Crippen LogP contribution < -0.4 is 5.32 Å². The van der Waals surface area contributed by atoms with E-state index < -0.39 is 0 Å². The van der Waals surface area contributed by atoms with E-state index in [9.17, 15) is 0 Å². The zero-order chi connectivity index (χ0) is 13.1. The van der Waals surface area contributed by atoms with Crippen LogP contribution in [0.5, 0.6) is 0 Å². The molecule has 1 aliphatic rings. The van der Waals surface area contributed by atoms with Crippen molar-refractivity contribution in [3.05, 3.63) is 0 Å². The van der Waals surface area contributed by atoms with Crippen LogP contribution in [0.3, 0.4) is 0 Å². The minimum atomic E-state index is 0.697. The molecule has 1 N–H and O–H groups in total. The van der Waals surface area contributed by atoms with E-state index in [1.165, 1.54) is 38.9 Å². The van der Waals surface area contributed by atoms with Crippen molar-refractivity contribution < 1.29 is 9.47 Å². The molecule has 1 atom stereocenters. The fraction of sp³-hybridized carbons (Fsp3) is 1.00. The molecule has 1 saturated heterocycles. The third-order valence-corrected chi connectivity index (χ3v) is 3.60. The van der Waals surface area contributed by atoms with Crippen molar-refractivity contribution in [2.75, 3.05) is 53.1 Å². The highest BCUT2D eigenvalue weighted by molar-refractivity contribution is 4.74. The second-order valence-corrected chi connectivity index (χ2v) is 4.97. The summed E-state index contributed by atoms with van der Waals surface area (Å²) in [5.74, 6) is 0. The van der Waals surface area contributed by atoms with E-state index in [4.69, 9.17) is 9.47 Å². The van der Waals surface area contributed by atoms with Gasteiger partial charge in [-0.25, -0.2) is 0 Å². The molecule has 1 heterocycles. The lowest BCUT2D eigenvalue weighted by molar-refractivity contribution is 0.0692. The molecule has 1 rings (SSSR count). The Balaban J connectivity index is 1.95. The normalized spacial score (nSPS) is 22.0. The molecule has 4 heteroatoms. The van der Waals surface area contributed by atoms with Crippen LogP contribution in [0.1, 0.15) is 32.6 Å². The summed E-state index contributed by atoms with van der Waals surface area (Å²) in [5, 5.41) is 3.66. The summed E-state index contributed by atoms with van der Waals surface area (Å²) < 4.78 is 10.4. The molecule has 4 nitrogen and oxygen atoms in total. The van der Waals surface area contributed by atoms with E-state index in [1.54, 1.807) is 7.11 Å². The van der Waals surface area contributed by atoms with E-state index >= 15 is 0 Å². The summed E-state index contributed by atoms with van der Waals surface area (Å²) in [6, 6.07) is 0.709. The SMILES string of the molecule is CCN1CCCC(NCCCOCCOC)CC1. The van der Waals surface area contributed by atoms with Gasteiger partial charge in [0, 0.05) is 19.8 Å². The minimum absolute atomic E-state index is 0.697. The lowest BCUT2D eigenvalue weighted by Crippen LogP contribution is -2.32. The first kappa shape index (κ1) is 15.9. The molecule has 18 heavy (non-hydrogen) atoms. The first-order valence-corrected chi connectivity index (χ1v) is 7.39. The average molecular weight is 258 g/mol. The number of methoxy groups -OCH3 is 1. The quantitative estimate of drug-likeness (QED) is 0.636.